The van der Waals surface area contributed by atoms with Crippen LogP contribution in [0.1, 0.15) is 200 Å². The maximum absolute atomic E-state index is 12.8. The van der Waals surface area contributed by atoms with Crippen LogP contribution in [-0.4, -0.2) is 168 Å². The highest BCUT2D eigenvalue weighted by atomic mass is 16.5. The number of pyridine rings is 1. The Morgan fingerprint density at radius 3 is 1.23 bits per heavy atom. The van der Waals surface area contributed by atoms with Gasteiger partial charge in [0.05, 0.1) is 64.8 Å². The van der Waals surface area contributed by atoms with Gasteiger partial charge in [0.15, 0.2) is 0 Å². The number of hydrogen-bond acceptors (Lipinski definition) is 11. The average molecular weight is 1120 g/mol. The van der Waals surface area contributed by atoms with Crippen molar-refractivity contribution in [2.75, 3.05) is 95.3 Å². The first-order valence-corrected chi connectivity index (χ1v) is 29.4. The molecule has 81 heavy (non-hydrogen) atoms. The van der Waals surface area contributed by atoms with Gasteiger partial charge in [-0.15, -0.1) is 0 Å². The van der Waals surface area contributed by atoms with E-state index in [9.17, 15) is 19.2 Å². The Bertz CT molecular complexity index is 2550. The highest BCUT2D eigenvalue weighted by molar-refractivity contribution is 5.96. The van der Waals surface area contributed by atoms with Crippen LogP contribution in [0.25, 0.3) is 0 Å². The van der Waals surface area contributed by atoms with E-state index < -0.39 is 0 Å². The number of aryl methyl sites for hydroxylation is 1. The normalized spacial score (nSPS) is 18.7. The third-order valence-electron chi connectivity index (χ3n) is 15.7. The molecule has 1 aromatic heterocycles. The fraction of sp³-hybridized carbons (Fsp3) is 0.591. The Kier molecular flexibility index (Phi) is 26.6. The van der Waals surface area contributed by atoms with Gasteiger partial charge in [-0.05, 0) is 141 Å². The monoisotopic (exact) mass is 1120 g/mol. The Balaban J connectivity index is 0.000000198. The molecule has 4 atom stereocenters. The Hall–Kier alpha value is -5.87. The largest absolute Gasteiger partial charge is 0.497 e. The molecule has 0 saturated carbocycles. The number of aromatic nitrogens is 1. The van der Waals surface area contributed by atoms with Crippen LogP contribution in [-0.2, 0) is 18.9 Å². The SMILES string of the molecule is COC[C@H]1CCCN1C(=O)c1cc(C)cc(C(C)C)c1.COC[C@H]1CCCN1C(=O)c1cc(OC)cc(C(C)C)c1.COC[C@H]1CCCN1C(=O)c1cc(OC)cc(C(C)C)n1.COC[C@H]1CCCN1C(=O)c1cccc(C(C)C)c1. The molecule has 446 valence electrons. The van der Waals surface area contributed by atoms with Crippen LogP contribution in [0.5, 0.6) is 11.5 Å². The van der Waals surface area contributed by atoms with E-state index in [1.165, 1.54) is 11.1 Å². The first kappa shape index (κ1) is 65.9. The molecule has 0 spiro atoms. The number of methoxy groups -OCH3 is 6. The lowest BCUT2D eigenvalue weighted by molar-refractivity contribution is 0.0620. The van der Waals surface area contributed by atoms with Crippen molar-refractivity contribution in [3.8, 4) is 11.5 Å². The molecule has 4 aliphatic rings. The summed E-state index contributed by atoms with van der Waals surface area (Å²) in [5.74, 6) is 3.25. The molecule has 4 amide bonds. The zero-order chi connectivity index (χ0) is 59.3. The summed E-state index contributed by atoms with van der Waals surface area (Å²) in [6.07, 6.45) is 8.29. The molecule has 4 saturated heterocycles. The summed E-state index contributed by atoms with van der Waals surface area (Å²) >= 11 is 0. The van der Waals surface area contributed by atoms with Gasteiger partial charge in [-0.1, -0.05) is 79.2 Å². The lowest BCUT2D eigenvalue weighted by Gasteiger charge is -2.24. The molecule has 0 radical (unpaired) electrons. The van der Waals surface area contributed by atoms with Crippen molar-refractivity contribution in [2.24, 2.45) is 0 Å². The summed E-state index contributed by atoms with van der Waals surface area (Å²) in [6.45, 7) is 24.7. The molecule has 4 aromatic rings. The quantitative estimate of drug-likeness (QED) is 0.0937. The third kappa shape index (κ3) is 18.6. The van der Waals surface area contributed by atoms with Gasteiger partial charge in [0.25, 0.3) is 23.6 Å². The smallest absolute Gasteiger partial charge is 0.272 e. The summed E-state index contributed by atoms with van der Waals surface area (Å²) in [6, 6.07) is 24.4. The molecule has 8 rings (SSSR count). The van der Waals surface area contributed by atoms with E-state index >= 15 is 0 Å². The lowest BCUT2D eigenvalue weighted by Crippen LogP contribution is -2.38. The topological polar surface area (TPSA) is 150 Å². The lowest BCUT2D eigenvalue weighted by atomic mass is 9.97. The maximum Gasteiger partial charge on any atom is 0.272 e. The van der Waals surface area contributed by atoms with Crippen molar-refractivity contribution >= 4 is 23.6 Å². The molecule has 4 fully saturated rings. The van der Waals surface area contributed by atoms with Crippen molar-refractivity contribution in [3.63, 3.8) is 0 Å². The van der Waals surface area contributed by atoms with Gasteiger partial charge >= 0.3 is 0 Å². The van der Waals surface area contributed by atoms with E-state index in [0.717, 1.165) is 111 Å². The summed E-state index contributed by atoms with van der Waals surface area (Å²) < 4.78 is 31.5. The van der Waals surface area contributed by atoms with E-state index in [2.05, 4.69) is 79.4 Å². The summed E-state index contributed by atoms with van der Waals surface area (Å²) in [7, 11) is 9.99. The van der Waals surface area contributed by atoms with Gasteiger partial charge in [-0.2, -0.15) is 0 Å². The van der Waals surface area contributed by atoms with E-state index in [-0.39, 0.29) is 53.7 Å². The minimum atomic E-state index is -0.0321. The fourth-order valence-electron chi connectivity index (χ4n) is 11.1. The second-order valence-electron chi connectivity index (χ2n) is 23.2. The minimum absolute atomic E-state index is 0.0321. The average Bonchev–Trinajstić information content (AvgIpc) is 4.50. The number of rotatable bonds is 18. The van der Waals surface area contributed by atoms with Gasteiger partial charge < -0.3 is 48.0 Å². The molecular weight excluding hydrogens is 1020 g/mol. The highest BCUT2D eigenvalue weighted by Gasteiger charge is 2.33. The summed E-state index contributed by atoms with van der Waals surface area (Å²) in [5.41, 5.74) is 8.39. The number of carbonyl (C=O) groups excluding carboxylic acids is 4. The number of carbonyl (C=O) groups is 4. The Labute approximate surface area is 485 Å². The van der Waals surface area contributed by atoms with Gasteiger partial charge in [0, 0.05) is 89.1 Å². The molecule has 5 heterocycles. The van der Waals surface area contributed by atoms with E-state index in [0.29, 0.717) is 61.2 Å². The first-order valence-electron chi connectivity index (χ1n) is 29.4. The highest BCUT2D eigenvalue weighted by Crippen LogP contribution is 2.29. The molecule has 0 unspecified atom stereocenters. The molecule has 15 heteroatoms. The zero-order valence-electron chi connectivity index (χ0n) is 51.7. The third-order valence-corrected chi connectivity index (χ3v) is 15.7. The van der Waals surface area contributed by atoms with Crippen molar-refractivity contribution in [1.29, 1.82) is 0 Å². The number of hydrogen-bond donors (Lipinski definition) is 0. The molecule has 0 aliphatic carbocycles. The van der Waals surface area contributed by atoms with Crippen LogP contribution >= 0.6 is 0 Å². The van der Waals surface area contributed by atoms with Crippen LogP contribution in [0.3, 0.4) is 0 Å². The molecular formula is C66H97N5O10. The van der Waals surface area contributed by atoms with Crippen molar-refractivity contribution in [1.82, 2.24) is 24.6 Å². The molecule has 3 aromatic carbocycles. The van der Waals surface area contributed by atoms with Crippen LogP contribution in [0.2, 0.25) is 0 Å². The van der Waals surface area contributed by atoms with Crippen LogP contribution in [0.15, 0.2) is 72.8 Å². The second kappa shape index (κ2) is 32.7. The number of nitrogens with zero attached hydrogens (tertiary/aromatic N) is 5. The summed E-state index contributed by atoms with van der Waals surface area (Å²) in [4.78, 5) is 63.1. The van der Waals surface area contributed by atoms with Gasteiger partial charge in [-0.25, -0.2) is 4.98 Å². The number of likely N-dealkylation sites (tertiary alicyclic amines) is 4. The van der Waals surface area contributed by atoms with Crippen molar-refractivity contribution < 1.29 is 47.6 Å². The standard InChI is InChI=1S/C17H25NO3.C17H25NO2.C16H24N2O3.C16H23NO2/c1-12(2)13-8-14(10-16(9-13)21-4)17(19)18-7-5-6-15(18)11-20-3;1-12(2)14-8-13(3)9-15(10-14)17(19)18-7-5-6-16(18)11-20-4;1-11(2)14-8-13(21-4)9-15(17-14)16(19)18-7-5-6-12(18)10-20-3;1-12(2)13-6-4-7-14(10-13)16(18)17-9-5-8-15(17)11-19-3/h8-10,12,15H,5-7,11H2,1-4H3;8-10,12,16H,5-7,11H2,1-4H3;8-9,11-12H,5-7,10H2,1-4H3;4,6-7,10,12,15H,5,8-9,11H2,1-3H3/t15-;16-;12-;15-/m1111/s1. The maximum atomic E-state index is 12.8. The van der Waals surface area contributed by atoms with Crippen LogP contribution < -0.4 is 9.47 Å². The van der Waals surface area contributed by atoms with Crippen LogP contribution in [0.4, 0.5) is 0 Å². The predicted molar refractivity (Wildman–Crippen MR) is 321 cm³/mol. The molecule has 4 aliphatic heterocycles. The van der Waals surface area contributed by atoms with Gasteiger partial charge in [0.1, 0.15) is 17.2 Å². The molecule has 0 N–H and O–H groups in total. The fourth-order valence-corrected chi connectivity index (χ4v) is 11.1. The van der Waals surface area contributed by atoms with Crippen LogP contribution in [0, 0.1) is 6.92 Å². The predicted octanol–water partition coefficient (Wildman–Crippen LogP) is 12.0. The van der Waals surface area contributed by atoms with Crippen molar-refractivity contribution in [2.45, 2.75) is 162 Å². The van der Waals surface area contributed by atoms with E-state index in [4.69, 9.17) is 28.4 Å². The number of ether oxygens (including phenoxy) is 6. The second-order valence-corrected chi connectivity index (χ2v) is 23.2. The van der Waals surface area contributed by atoms with E-state index in [1.54, 1.807) is 48.7 Å². The summed E-state index contributed by atoms with van der Waals surface area (Å²) in [5, 5.41) is 0. The Morgan fingerprint density at radius 2 is 0.827 bits per heavy atom. The zero-order valence-corrected chi connectivity index (χ0v) is 51.7. The molecule has 0 bridgehead atoms. The Morgan fingerprint density at radius 1 is 0.444 bits per heavy atom. The van der Waals surface area contributed by atoms with Crippen molar-refractivity contribution in [3.05, 3.63) is 123 Å². The number of benzene rings is 3. The van der Waals surface area contributed by atoms with Gasteiger partial charge in [0.2, 0.25) is 0 Å². The molecule has 15 nitrogen and oxygen atoms in total. The first-order chi connectivity index (χ1) is 38.8. The van der Waals surface area contributed by atoms with E-state index in [1.807, 2.05) is 74.2 Å². The van der Waals surface area contributed by atoms with Gasteiger partial charge in [-0.3, -0.25) is 19.2 Å². The minimum Gasteiger partial charge on any atom is -0.497 e. The number of amides is 4.